The fraction of sp³-hybridized carbons (Fsp3) is 0.167. The molecular formula is C12H10BrN3O3. The molecule has 0 aliphatic heterocycles. The third-order valence-corrected chi connectivity index (χ3v) is 3.06. The fourth-order valence-corrected chi connectivity index (χ4v) is 1.76. The Bertz CT molecular complexity index is 602. The predicted molar refractivity (Wildman–Crippen MR) is 72.6 cm³/mol. The molecular weight excluding hydrogens is 314 g/mol. The number of alkyl halides is 1. The number of nitrogens with zero attached hydrogens (tertiary/aromatic N) is 3. The number of aromatic nitrogens is 2. The number of benzene rings is 1. The molecule has 0 spiro atoms. The summed E-state index contributed by atoms with van der Waals surface area (Å²) in [7, 11) is 0. The third kappa shape index (κ3) is 3.05. The van der Waals surface area contributed by atoms with Crippen LogP contribution in [0.25, 0.3) is 0 Å². The molecule has 1 aromatic heterocycles. The molecule has 7 heteroatoms. The number of aryl methyl sites for hydroxylation is 1. The standard InChI is InChI=1S/C12H10BrN3O3/c1-8-3-2-4-10(16(17)18)11(8)19-12-14-6-9(5-13)7-15-12/h2-4,6-7H,5H2,1H3. The van der Waals surface area contributed by atoms with Crippen molar-refractivity contribution in [2.45, 2.75) is 12.3 Å². The first kappa shape index (κ1) is 13.4. The normalized spacial score (nSPS) is 10.2. The highest BCUT2D eigenvalue weighted by molar-refractivity contribution is 9.08. The van der Waals surface area contributed by atoms with E-state index in [2.05, 4.69) is 25.9 Å². The molecule has 6 nitrogen and oxygen atoms in total. The first-order chi connectivity index (χ1) is 9.11. The molecule has 0 unspecified atom stereocenters. The molecule has 2 rings (SSSR count). The molecule has 1 aromatic carbocycles. The Balaban J connectivity index is 2.34. The first-order valence-corrected chi connectivity index (χ1v) is 6.52. The second-order valence-corrected chi connectivity index (χ2v) is 4.35. The minimum Gasteiger partial charge on any atom is -0.417 e. The lowest BCUT2D eigenvalue weighted by Crippen LogP contribution is -1.98. The Morgan fingerprint density at radius 3 is 2.63 bits per heavy atom. The second kappa shape index (κ2) is 5.75. The maximum atomic E-state index is 10.9. The van der Waals surface area contributed by atoms with E-state index in [1.54, 1.807) is 31.5 Å². The van der Waals surface area contributed by atoms with Gasteiger partial charge >= 0.3 is 11.7 Å². The molecule has 0 radical (unpaired) electrons. The topological polar surface area (TPSA) is 78.2 Å². The van der Waals surface area contributed by atoms with Crippen molar-refractivity contribution in [1.82, 2.24) is 9.97 Å². The van der Waals surface area contributed by atoms with Gasteiger partial charge in [-0.25, -0.2) is 9.97 Å². The van der Waals surface area contributed by atoms with Gasteiger partial charge in [0.2, 0.25) is 5.75 Å². The maximum Gasteiger partial charge on any atom is 0.322 e. The van der Waals surface area contributed by atoms with Crippen LogP contribution in [-0.4, -0.2) is 14.9 Å². The first-order valence-electron chi connectivity index (χ1n) is 5.40. The van der Waals surface area contributed by atoms with E-state index in [-0.39, 0.29) is 17.4 Å². The smallest absolute Gasteiger partial charge is 0.322 e. The highest BCUT2D eigenvalue weighted by Crippen LogP contribution is 2.32. The van der Waals surface area contributed by atoms with Crippen LogP contribution in [0.4, 0.5) is 5.69 Å². The van der Waals surface area contributed by atoms with Crippen molar-refractivity contribution < 1.29 is 9.66 Å². The van der Waals surface area contributed by atoms with Crippen LogP contribution < -0.4 is 4.74 Å². The molecule has 0 atom stereocenters. The van der Waals surface area contributed by atoms with Gasteiger partial charge in [0.05, 0.1) is 4.92 Å². The molecule has 98 valence electrons. The monoisotopic (exact) mass is 323 g/mol. The number of hydrogen-bond donors (Lipinski definition) is 0. The Hall–Kier alpha value is -2.02. The predicted octanol–water partition coefficient (Wildman–Crippen LogP) is 3.38. The van der Waals surface area contributed by atoms with E-state index < -0.39 is 4.92 Å². The number of nitro groups is 1. The van der Waals surface area contributed by atoms with E-state index >= 15 is 0 Å². The van der Waals surface area contributed by atoms with E-state index in [0.29, 0.717) is 10.9 Å². The van der Waals surface area contributed by atoms with E-state index in [1.807, 2.05) is 0 Å². The van der Waals surface area contributed by atoms with Crippen molar-refractivity contribution >= 4 is 21.6 Å². The lowest BCUT2D eigenvalue weighted by molar-refractivity contribution is -0.385. The molecule has 2 aromatic rings. The fourth-order valence-electron chi connectivity index (χ4n) is 1.47. The summed E-state index contributed by atoms with van der Waals surface area (Å²) in [5.74, 6) is 0.166. The lowest BCUT2D eigenvalue weighted by atomic mass is 10.2. The Morgan fingerprint density at radius 2 is 2.05 bits per heavy atom. The summed E-state index contributed by atoms with van der Waals surface area (Å²) in [6, 6.07) is 4.81. The molecule has 0 saturated heterocycles. The van der Waals surface area contributed by atoms with Crippen molar-refractivity contribution in [2.24, 2.45) is 0 Å². The Kier molecular flexibility index (Phi) is 4.06. The van der Waals surface area contributed by atoms with E-state index in [9.17, 15) is 10.1 Å². The molecule has 0 amide bonds. The number of rotatable bonds is 4. The molecule has 0 fully saturated rings. The van der Waals surface area contributed by atoms with Crippen LogP contribution in [0.2, 0.25) is 0 Å². The summed E-state index contributed by atoms with van der Waals surface area (Å²) >= 11 is 3.28. The molecule has 0 N–H and O–H groups in total. The Labute approximate surface area is 117 Å². The van der Waals surface area contributed by atoms with Crippen molar-refractivity contribution in [1.29, 1.82) is 0 Å². The van der Waals surface area contributed by atoms with Gasteiger partial charge < -0.3 is 4.74 Å². The third-order valence-electron chi connectivity index (χ3n) is 2.42. The molecule has 0 bridgehead atoms. The largest absolute Gasteiger partial charge is 0.417 e. The maximum absolute atomic E-state index is 10.9. The van der Waals surface area contributed by atoms with Crippen LogP contribution in [-0.2, 0) is 5.33 Å². The van der Waals surface area contributed by atoms with E-state index in [0.717, 1.165) is 5.56 Å². The van der Waals surface area contributed by atoms with Gasteiger partial charge in [-0.05, 0) is 18.1 Å². The van der Waals surface area contributed by atoms with E-state index in [4.69, 9.17) is 4.74 Å². The van der Waals surface area contributed by atoms with Crippen molar-refractivity contribution in [3.8, 4) is 11.8 Å². The highest BCUT2D eigenvalue weighted by atomic mass is 79.9. The van der Waals surface area contributed by atoms with Gasteiger partial charge in [-0.3, -0.25) is 10.1 Å². The zero-order valence-electron chi connectivity index (χ0n) is 10.0. The van der Waals surface area contributed by atoms with Crippen LogP contribution in [0.15, 0.2) is 30.6 Å². The number of nitro benzene ring substituents is 1. The minimum absolute atomic E-state index is 0.0853. The summed E-state index contributed by atoms with van der Waals surface area (Å²) in [5, 5.41) is 11.6. The van der Waals surface area contributed by atoms with Crippen molar-refractivity contribution in [3.63, 3.8) is 0 Å². The molecule has 0 saturated carbocycles. The summed E-state index contributed by atoms with van der Waals surface area (Å²) in [6.07, 6.45) is 3.20. The van der Waals surface area contributed by atoms with Crippen LogP contribution in [0.5, 0.6) is 11.8 Å². The number of hydrogen-bond acceptors (Lipinski definition) is 5. The molecule has 19 heavy (non-hydrogen) atoms. The second-order valence-electron chi connectivity index (χ2n) is 3.79. The summed E-state index contributed by atoms with van der Waals surface area (Å²) in [6.45, 7) is 1.73. The van der Waals surface area contributed by atoms with Gasteiger partial charge in [0, 0.05) is 23.8 Å². The zero-order valence-corrected chi connectivity index (χ0v) is 11.6. The molecule has 0 aliphatic rings. The van der Waals surface area contributed by atoms with Crippen LogP contribution >= 0.6 is 15.9 Å². The van der Waals surface area contributed by atoms with Gasteiger partial charge in [-0.1, -0.05) is 28.1 Å². The quantitative estimate of drug-likeness (QED) is 0.489. The summed E-state index contributed by atoms with van der Waals surface area (Å²) in [5.41, 5.74) is 1.45. The highest BCUT2D eigenvalue weighted by Gasteiger charge is 2.18. The van der Waals surface area contributed by atoms with Crippen molar-refractivity contribution in [3.05, 3.63) is 51.8 Å². The molecule has 0 aliphatic carbocycles. The summed E-state index contributed by atoms with van der Waals surface area (Å²) < 4.78 is 5.42. The number of ether oxygens (including phenoxy) is 1. The van der Waals surface area contributed by atoms with Gasteiger partial charge in [0.1, 0.15) is 0 Å². The van der Waals surface area contributed by atoms with Crippen LogP contribution in [0.3, 0.4) is 0 Å². The Morgan fingerprint density at radius 1 is 1.37 bits per heavy atom. The van der Waals surface area contributed by atoms with Gasteiger partial charge in [0.15, 0.2) is 0 Å². The number of halogens is 1. The minimum atomic E-state index is -0.491. The SMILES string of the molecule is Cc1cccc([N+](=O)[O-])c1Oc1ncc(CBr)cn1. The number of para-hydroxylation sites is 1. The van der Waals surface area contributed by atoms with Gasteiger partial charge in [0.25, 0.3) is 0 Å². The average Bonchev–Trinajstić information content (AvgIpc) is 2.41. The van der Waals surface area contributed by atoms with Crippen LogP contribution in [0.1, 0.15) is 11.1 Å². The summed E-state index contributed by atoms with van der Waals surface area (Å²) in [4.78, 5) is 18.5. The van der Waals surface area contributed by atoms with Gasteiger partial charge in [-0.2, -0.15) is 0 Å². The van der Waals surface area contributed by atoms with Crippen molar-refractivity contribution in [2.75, 3.05) is 0 Å². The van der Waals surface area contributed by atoms with E-state index in [1.165, 1.54) is 6.07 Å². The van der Waals surface area contributed by atoms with Gasteiger partial charge in [-0.15, -0.1) is 0 Å². The van der Waals surface area contributed by atoms with Crippen LogP contribution in [0, 0.1) is 17.0 Å². The average molecular weight is 324 g/mol. The molecule has 1 heterocycles. The zero-order chi connectivity index (χ0) is 13.8. The lowest BCUT2D eigenvalue weighted by Gasteiger charge is -2.07.